The van der Waals surface area contributed by atoms with E-state index in [1.807, 2.05) is 24.3 Å². The van der Waals surface area contributed by atoms with Crippen LogP contribution in [0.3, 0.4) is 0 Å². The number of hydrogen-bond donors (Lipinski definition) is 3. The molecule has 3 N–H and O–H groups in total. The van der Waals surface area contributed by atoms with Gasteiger partial charge in [-0.2, -0.15) is 0 Å². The summed E-state index contributed by atoms with van der Waals surface area (Å²) in [6.07, 6.45) is 1.09. The Kier molecular flexibility index (Phi) is 5.26. The number of methoxy groups -OCH3 is 1. The van der Waals surface area contributed by atoms with Gasteiger partial charge in [-0.1, -0.05) is 38.1 Å². The Labute approximate surface area is 178 Å². The molecule has 1 aromatic heterocycles. The fourth-order valence-electron chi connectivity index (χ4n) is 4.77. The highest BCUT2D eigenvalue weighted by atomic mass is 32.1. The smallest absolute Gasteiger partial charge is 0.170 e. The zero-order chi connectivity index (χ0) is 20.6. The zero-order valence-corrected chi connectivity index (χ0v) is 18.3. The summed E-state index contributed by atoms with van der Waals surface area (Å²) in [5.74, 6) is 2.04. The predicted octanol–water partition coefficient (Wildman–Crippen LogP) is 5.60. The zero-order valence-electron chi connectivity index (χ0n) is 17.5. The Morgan fingerprint density at radius 3 is 2.76 bits per heavy atom. The summed E-state index contributed by atoms with van der Waals surface area (Å²) in [5, 5.41) is 8.62. The average molecular weight is 408 g/mol. The molecule has 2 atom stereocenters. The second-order valence-corrected chi connectivity index (χ2v) is 8.92. The topological polar surface area (TPSA) is 49.1 Å². The summed E-state index contributed by atoms with van der Waals surface area (Å²) in [7, 11) is 1.67. The third kappa shape index (κ3) is 3.84. The molecule has 152 valence electrons. The lowest BCUT2D eigenvalue weighted by Crippen LogP contribution is -2.29. The third-order valence-corrected chi connectivity index (χ3v) is 6.62. The minimum absolute atomic E-state index is 0.305. The van der Waals surface area contributed by atoms with Crippen LogP contribution in [0, 0.1) is 18.3 Å². The molecule has 3 aromatic rings. The molecule has 29 heavy (non-hydrogen) atoms. The van der Waals surface area contributed by atoms with Gasteiger partial charge < -0.3 is 20.4 Å². The fourth-order valence-corrected chi connectivity index (χ4v) is 4.99. The summed E-state index contributed by atoms with van der Waals surface area (Å²) >= 11 is 5.47. The van der Waals surface area contributed by atoms with Gasteiger partial charge in [-0.25, -0.2) is 0 Å². The third-order valence-electron chi connectivity index (χ3n) is 6.37. The molecule has 2 aromatic carbocycles. The first-order valence-electron chi connectivity index (χ1n) is 10.2. The number of thiocarbonyl (C=S) groups is 1. The molecule has 4 nitrogen and oxygen atoms in total. The number of benzene rings is 2. The highest BCUT2D eigenvalue weighted by Crippen LogP contribution is 2.67. The highest BCUT2D eigenvalue weighted by molar-refractivity contribution is 7.80. The van der Waals surface area contributed by atoms with E-state index in [0.717, 1.165) is 24.4 Å². The van der Waals surface area contributed by atoms with E-state index in [2.05, 4.69) is 60.7 Å². The first-order valence-corrected chi connectivity index (χ1v) is 10.6. The number of H-pyrrole nitrogens is 1. The molecule has 1 saturated carbocycles. The highest BCUT2D eigenvalue weighted by Gasteiger charge is 2.58. The average Bonchev–Trinajstić information content (AvgIpc) is 3.06. The molecular weight excluding hydrogens is 378 g/mol. The normalized spacial score (nSPS) is 19.7. The van der Waals surface area contributed by atoms with Crippen LogP contribution < -0.4 is 15.4 Å². The Balaban J connectivity index is 1.36. The van der Waals surface area contributed by atoms with Crippen LogP contribution in [0.15, 0.2) is 48.5 Å². The molecule has 1 aliphatic rings. The maximum Gasteiger partial charge on any atom is 0.170 e. The molecule has 0 unspecified atom stereocenters. The maximum atomic E-state index is 5.47. The van der Waals surface area contributed by atoms with Crippen LogP contribution in [0.1, 0.15) is 37.4 Å². The van der Waals surface area contributed by atoms with E-state index in [9.17, 15) is 0 Å². The summed E-state index contributed by atoms with van der Waals surface area (Å²) in [4.78, 5) is 3.56. The van der Waals surface area contributed by atoms with Gasteiger partial charge in [0.25, 0.3) is 0 Å². The Bertz CT molecular complexity index is 1040. The Morgan fingerprint density at radius 1 is 1.17 bits per heavy atom. The van der Waals surface area contributed by atoms with Crippen molar-refractivity contribution in [3.8, 4) is 5.75 Å². The van der Waals surface area contributed by atoms with Crippen molar-refractivity contribution in [3.05, 3.63) is 59.8 Å². The van der Waals surface area contributed by atoms with Gasteiger partial charge in [0.1, 0.15) is 5.75 Å². The number of nitrogens with one attached hydrogen (secondary N) is 3. The molecule has 0 radical (unpaired) electrons. The van der Waals surface area contributed by atoms with Gasteiger partial charge in [-0.3, -0.25) is 0 Å². The monoisotopic (exact) mass is 407 g/mol. The molecule has 0 saturated heterocycles. The van der Waals surface area contributed by atoms with Crippen LogP contribution in [0.4, 0.5) is 5.69 Å². The van der Waals surface area contributed by atoms with E-state index >= 15 is 0 Å². The number of fused-ring (bicyclic) bond motifs is 1. The lowest BCUT2D eigenvalue weighted by Gasteiger charge is -2.11. The van der Waals surface area contributed by atoms with Gasteiger partial charge in [0.15, 0.2) is 5.11 Å². The number of aryl methyl sites for hydroxylation is 1. The molecule has 5 heteroatoms. The maximum absolute atomic E-state index is 5.47. The first-order chi connectivity index (χ1) is 13.9. The minimum atomic E-state index is 0.305. The van der Waals surface area contributed by atoms with Gasteiger partial charge in [0.2, 0.25) is 0 Å². The minimum Gasteiger partial charge on any atom is -0.497 e. The van der Waals surface area contributed by atoms with Crippen molar-refractivity contribution in [2.45, 2.75) is 33.1 Å². The molecule has 1 fully saturated rings. The van der Waals surface area contributed by atoms with Crippen molar-refractivity contribution in [3.63, 3.8) is 0 Å². The van der Waals surface area contributed by atoms with Gasteiger partial charge in [-0.05, 0) is 66.6 Å². The van der Waals surface area contributed by atoms with Crippen molar-refractivity contribution in [2.24, 2.45) is 11.3 Å². The molecule has 1 aliphatic carbocycles. The molecular formula is C24H29N3OS. The number of rotatable bonds is 6. The van der Waals surface area contributed by atoms with Crippen molar-refractivity contribution in [1.82, 2.24) is 10.3 Å². The number of para-hydroxylation sites is 1. The van der Waals surface area contributed by atoms with E-state index < -0.39 is 0 Å². The van der Waals surface area contributed by atoms with E-state index in [0.29, 0.717) is 22.4 Å². The summed E-state index contributed by atoms with van der Waals surface area (Å²) in [6.45, 7) is 7.83. The van der Waals surface area contributed by atoms with E-state index in [-0.39, 0.29) is 0 Å². The standard InChI is InChI=1S/C24H29N3OS/c1-15-21(18-10-5-6-11-20(18)26-15)22-19(24(22,2)3)12-13-25-23(29)27-16-8-7-9-17(14-16)28-4/h5-11,14,19,22,26H,12-13H2,1-4H3,(H2,25,27,29)/t19-,22-/m0/s1. The number of aromatic nitrogens is 1. The molecule has 0 aliphatic heterocycles. The summed E-state index contributed by atoms with van der Waals surface area (Å²) in [6, 6.07) is 16.4. The molecule has 1 heterocycles. The summed E-state index contributed by atoms with van der Waals surface area (Å²) in [5.41, 5.74) is 5.27. The molecule has 0 amide bonds. The van der Waals surface area contributed by atoms with Crippen molar-refractivity contribution in [1.29, 1.82) is 0 Å². The van der Waals surface area contributed by atoms with Crippen molar-refractivity contribution in [2.75, 3.05) is 19.0 Å². The van der Waals surface area contributed by atoms with E-state index in [4.69, 9.17) is 17.0 Å². The quantitative estimate of drug-likeness (QED) is 0.466. The molecule has 0 spiro atoms. The summed E-state index contributed by atoms with van der Waals surface area (Å²) < 4.78 is 5.26. The number of aromatic amines is 1. The van der Waals surface area contributed by atoms with Crippen molar-refractivity contribution < 1.29 is 4.74 Å². The second-order valence-electron chi connectivity index (χ2n) is 8.52. The molecule has 4 rings (SSSR count). The van der Waals surface area contributed by atoms with Crippen LogP contribution in [0.2, 0.25) is 0 Å². The number of ether oxygens (including phenoxy) is 1. The Hall–Kier alpha value is -2.53. The van der Waals surface area contributed by atoms with Crippen molar-refractivity contribution >= 4 is 33.9 Å². The van der Waals surface area contributed by atoms with Gasteiger partial charge in [0, 0.05) is 34.9 Å². The lowest BCUT2D eigenvalue weighted by molar-refractivity contribution is 0.415. The number of anilines is 1. The lowest BCUT2D eigenvalue weighted by atomic mass is 10.0. The number of hydrogen-bond acceptors (Lipinski definition) is 2. The molecule has 0 bridgehead atoms. The van der Waals surface area contributed by atoms with Gasteiger partial charge >= 0.3 is 0 Å². The Morgan fingerprint density at radius 2 is 1.97 bits per heavy atom. The first kappa shape index (κ1) is 19.8. The van der Waals surface area contributed by atoms with Gasteiger partial charge in [0.05, 0.1) is 7.11 Å². The van der Waals surface area contributed by atoms with Gasteiger partial charge in [-0.15, -0.1) is 0 Å². The van der Waals surface area contributed by atoms with Crippen LogP contribution in [0.5, 0.6) is 5.75 Å². The van der Waals surface area contributed by atoms with Crippen LogP contribution >= 0.6 is 12.2 Å². The van der Waals surface area contributed by atoms with Crippen LogP contribution in [-0.2, 0) is 0 Å². The van der Waals surface area contributed by atoms with Crippen LogP contribution in [0.25, 0.3) is 10.9 Å². The second kappa shape index (κ2) is 7.71. The largest absolute Gasteiger partial charge is 0.497 e. The van der Waals surface area contributed by atoms with E-state index in [1.165, 1.54) is 22.2 Å². The predicted molar refractivity (Wildman–Crippen MR) is 125 cm³/mol. The van der Waals surface area contributed by atoms with Crippen LogP contribution in [-0.4, -0.2) is 23.8 Å². The fraction of sp³-hybridized carbons (Fsp3) is 0.375. The van der Waals surface area contributed by atoms with E-state index in [1.54, 1.807) is 7.11 Å². The SMILES string of the molecule is COc1cccc(NC(=S)NCC[C@H]2[C@@H](c3c(C)[nH]c4ccccc34)C2(C)C)c1.